The van der Waals surface area contributed by atoms with Gasteiger partial charge in [-0.2, -0.15) is 0 Å². The maximum Gasteiger partial charge on any atom is 0.137 e. The average Bonchev–Trinajstić information content (AvgIpc) is 3.06. The number of anilines is 1. The third kappa shape index (κ3) is 2.64. The summed E-state index contributed by atoms with van der Waals surface area (Å²) in [4.78, 5) is 8.34. The maximum absolute atomic E-state index is 6.10. The molecule has 1 fully saturated rings. The van der Waals surface area contributed by atoms with Crippen LogP contribution in [0.3, 0.4) is 0 Å². The van der Waals surface area contributed by atoms with Gasteiger partial charge in [-0.1, -0.05) is 24.9 Å². The summed E-state index contributed by atoms with van der Waals surface area (Å²) in [6.07, 6.45) is 6.18. The third-order valence-electron chi connectivity index (χ3n) is 3.09. The van der Waals surface area contributed by atoms with E-state index in [9.17, 15) is 0 Å². The van der Waals surface area contributed by atoms with Crippen molar-refractivity contribution in [3.8, 4) is 0 Å². The van der Waals surface area contributed by atoms with Crippen LogP contribution in [0.25, 0.3) is 0 Å². The molecule has 0 aliphatic heterocycles. The topological polar surface area (TPSA) is 37.8 Å². The molecule has 1 atom stereocenters. The van der Waals surface area contributed by atoms with Gasteiger partial charge in [0, 0.05) is 11.6 Å². The molecule has 3 nitrogen and oxygen atoms in total. The van der Waals surface area contributed by atoms with Crippen molar-refractivity contribution in [3.63, 3.8) is 0 Å². The Labute approximate surface area is 102 Å². The van der Waals surface area contributed by atoms with E-state index < -0.39 is 0 Å². The minimum atomic E-state index is 0.488. The third-order valence-corrected chi connectivity index (χ3v) is 3.41. The van der Waals surface area contributed by atoms with E-state index in [1.54, 1.807) is 0 Å². The van der Waals surface area contributed by atoms with Gasteiger partial charge in [-0.3, -0.25) is 0 Å². The number of aromatic nitrogens is 2. The molecule has 1 heterocycles. The molecule has 0 bridgehead atoms. The minimum absolute atomic E-state index is 0.488. The molecule has 2 rings (SSSR count). The van der Waals surface area contributed by atoms with Crippen LogP contribution in [0.5, 0.6) is 0 Å². The summed E-state index contributed by atoms with van der Waals surface area (Å²) in [5.41, 5.74) is 1.05. The van der Waals surface area contributed by atoms with Crippen LogP contribution in [0.1, 0.15) is 38.7 Å². The summed E-state index contributed by atoms with van der Waals surface area (Å²) in [5.74, 6) is 1.73. The predicted molar refractivity (Wildman–Crippen MR) is 66.8 cm³/mol. The second-order valence-corrected chi connectivity index (χ2v) is 4.87. The fourth-order valence-electron chi connectivity index (χ4n) is 1.92. The van der Waals surface area contributed by atoms with Gasteiger partial charge in [0.1, 0.15) is 17.3 Å². The molecule has 1 aliphatic carbocycles. The highest BCUT2D eigenvalue weighted by atomic mass is 35.5. The quantitative estimate of drug-likeness (QED) is 0.802. The van der Waals surface area contributed by atoms with Crippen LogP contribution in [0, 0.1) is 5.92 Å². The van der Waals surface area contributed by atoms with Gasteiger partial charge in [-0.05, 0) is 32.1 Å². The lowest BCUT2D eigenvalue weighted by Crippen LogP contribution is -2.19. The first-order chi connectivity index (χ1) is 7.72. The fourth-order valence-corrected chi connectivity index (χ4v) is 2.14. The Morgan fingerprint density at radius 2 is 2.25 bits per heavy atom. The van der Waals surface area contributed by atoms with E-state index in [0.29, 0.717) is 11.2 Å². The Hall–Kier alpha value is -0.830. The van der Waals surface area contributed by atoms with Crippen LogP contribution in [0.2, 0.25) is 5.15 Å². The number of halogens is 1. The molecule has 1 aromatic heterocycles. The Morgan fingerprint density at radius 3 is 2.88 bits per heavy atom. The summed E-state index contributed by atoms with van der Waals surface area (Å²) in [7, 11) is 0. The molecule has 1 N–H and O–H groups in total. The molecule has 1 unspecified atom stereocenters. The Kier molecular flexibility index (Phi) is 3.64. The lowest BCUT2D eigenvalue weighted by molar-refractivity contribution is 0.687. The average molecular weight is 240 g/mol. The SMILES string of the molecule is CCCc1c(Cl)ncnc1NC(C)C1CC1. The first kappa shape index (κ1) is 11.6. The summed E-state index contributed by atoms with van der Waals surface area (Å²) in [6.45, 7) is 4.35. The van der Waals surface area contributed by atoms with E-state index in [1.807, 2.05) is 0 Å². The number of hydrogen-bond acceptors (Lipinski definition) is 3. The largest absolute Gasteiger partial charge is 0.367 e. The van der Waals surface area contributed by atoms with Crippen molar-refractivity contribution >= 4 is 17.4 Å². The molecule has 4 heteroatoms. The van der Waals surface area contributed by atoms with Crippen LogP contribution >= 0.6 is 11.6 Å². The molecule has 1 saturated carbocycles. The smallest absolute Gasteiger partial charge is 0.137 e. The predicted octanol–water partition coefficient (Wildman–Crippen LogP) is 3.29. The van der Waals surface area contributed by atoms with E-state index in [4.69, 9.17) is 11.6 Å². The van der Waals surface area contributed by atoms with Gasteiger partial charge >= 0.3 is 0 Å². The molecule has 0 amide bonds. The molecule has 1 aliphatic rings. The molecule has 0 spiro atoms. The zero-order valence-electron chi connectivity index (χ0n) is 9.83. The van der Waals surface area contributed by atoms with Gasteiger partial charge in [0.2, 0.25) is 0 Å². The molecule has 0 aromatic carbocycles. The van der Waals surface area contributed by atoms with Crippen LogP contribution in [-0.4, -0.2) is 16.0 Å². The lowest BCUT2D eigenvalue weighted by atomic mass is 10.1. The van der Waals surface area contributed by atoms with Crippen molar-refractivity contribution in [2.75, 3.05) is 5.32 Å². The summed E-state index contributed by atoms with van der Waals surface area (Å²) in [5, 5.41) is 4.05. The summed E-state index contributed by atoms with van der Waals surface area (Å²) >= 11 is 6.10. The second kappa shape index (κ2) is 5.00. The molecule has 0 radical (unpaired) electrons. The van der Waals surface area contributed by atoms with Gasteiger partial charge in [-0.15, -0.1) is 0 Å². The van der Waals surface area contributed by atoms with Gasteiger partial charge in [0.25, 0.3) is 0 Å². The second-order valence-electron chi connectivity index (χ2n) is 4.51. The zero-order chi connectivity index (χ0) is 11.5. The summed E-state index contributed by atoms with van der Waals surface area (Å²) < 4.78 is 0. The highest BCUT2D eigenvalue weighted by Crippen LogP contribution is 2.34. The zero-order valence-corrected chi connectivity index (χ0v) is 10.6. The fraction of sp³-hybridized carbons (Fsp3) is 0.667. The standard InChI is InChI=1S/C12H18ClN3/c1-3-4-10-11(13)14-7-15-12(10)16-8(2)9-5-6-9/h7-9H,3-6H2,1-2H3,(H,14,15,16). The van der Waals surface area contributed by atoms with Crippen molar-refractivity contribution in [3.05, 3.63) is 17.0 Å². The molecular formula is C12H18ClN3. The number of rotatable bonds is 5. The molecular weight excluding hydrogens is 222 g/mol. The van der Waals surface area contributed by atoms with Crippen molar-refractivity contribution in [1.29, 1.82) is 0 Å². The van der Waals surface area contributed by atoms with Gasteiger partial charge < -0.3 is 5.32 Å². The Morgan fingerprint density at radius 1 is 1.50 bits per heavy atom. The van der Waals surface area contributed by atoms with Crippen molar-refractivity contribution in [2.45, 2.75) is 45.6 Å². The van der Waals surface area contributed by atoms with E-state index >= 15 is 0 Å². The van der Waals surface area contributed by atoms with Crippen LogP contribution < -0.4 is 5.32 Å². The van der Waals surface area contributed by atoms with Gasteiger partial charge in [0.15, 0.2) is 0 Å². The lowest BCUT2D eigenvalue weighted by Gasteiger charge is -2.16. The van der Waals surface area contributed by atoms with Gasteiger partial charge in [0.05, 0.1) is 0 Å². The molecule has 1 aromatic rings. The minimum Gasteiger partial charge on any atom is -0.367 e. The first-order valence-corrected chi connectivity index (χ1v) is 6.36. The normalized spacial score (nSPS) is 17.2. The van der Waals surface area contributed by atoms with Crippen LogP contribution in [0.4, 0.5) is 5.82 Å². The highest BCUT2D eigenvalue weighted by molar-refractivity contribution is 6.30. The van der Waals surface area contributed by atoms with Gasteiger partial charge in [-0.25, -0.2) is 9.97 Å². The molecule has 0 saturated heterocycles. The van der Waals surface area contributed by atoms with Crippen LogP contribution in [0.15, 0.2) is 6.33 Å². The van der Waals surface area contributed by atoms with E-state index in [0.717, 1.165) is 30.1 Å². The first-order valence-electron chi connectivity index (χ1n) is 5.98. The van der Waals surface area contributed by atoms with Crippen molar-refractivity contribution in [2.24, 2.45) is 5.92 Å². The van der Waals surface area contributed by atoms with Crippen molar-refractivity contribution < 1.29 is 0 Å². The van der Waals surface area contributed by atoms with E-state index in [1.165, 1.54) is 19.2 Å². The molecule has 16 heavy (non-hydrogen) atoms. The van der Waals surface area contributed by atoms with E-state index in [-0.39, 0.29) is 0 Å². The Balaban J connectivity index is 2.14. The Bertz CT molecular complexity index is 363. The van der Waals surface area contributed by atoms with E-state index in [2.05, 4.69) is 29.1 Å². The highest BCUT2D eigenvalue weighted by Gasteiger charge is 2.28. The monoisotopic (exact) mass is 239 g/mol. The maximum atomic E-state index is 6.10. The number of nitrogens with one attached hydrogen (secondary N) is 1. The van der Waals surface area contributed by atoms with Crippen molar-refractivity contribution in [1.82, 2.24) is 9.97 Å². The molecule has 88 valence electrons. The summed E-state index contributed by atoms with van der Waals surface area (Å²) in [6, 6.07) is 0.488. The number of nitrogens with zero attached hydrogens (tertiary/aromatic N) is 2. The van der Waals surface area contributed by atoms with Crippen LogP contribution in [-0.2, 0) is 6.42 Å². The number of hydrogen-bond donors (Lipinski definition) is 1.